The van der Waals surface area contributed by atoms with Crippen LogP contribution in [0.25, 0.3) is 0 Å². The molecule has 5 atom stereocenters. The van der Waals surface area contributed by atoms with Gasteiger partial charge in [0.15, 0.2) is 0 Å². The van der Waals surface area contributed by atoms with Gasteiger partial charge in [0, 0.05) is 0 Å². The van der Waals surface area contributed by atoms with E-state index >= 15 is 0 Å². The Kier molecular flexibility index (Phi) is 10.9. The number of hydrogen-bond acceptors (Lipinski definition) is 7. The summed E-state index contributed by atoms with van der Waals surface area (Å²) in [6.07, 6.45) is -1.69. The topological polar surface area (TPSA) is 109 Å². The molecular formula is C34H48N2O7SeSi2. The van der Waals surface area contributed by atoms with Gasteiger partial charge in [-0.3, -0.25) is 0 Å². The Morgan fingerprint density at radius 3 is 1.87 bits per heavy atom. The molecule has 1 aliphatic heterocycles. The van der Waals surface area contributed by atoms with Gasteiger partial charge in [-0.1, -0.05) is 0 Å². The zero-order chi connectivity index (χ0) is 34.1. The van der Waals surface area contributed by atoms with Crippen LogP contribution in [0.15, 0.2) is 82.5 Å². The molecule has 2 heterocycles. The van der Waals surface area contributed by atoms with Crippen molar-refractivity contribution >= 4 is 42.0 Å². The molecule has 0 bridgehead atoms. The molecule has 4 rings (SSSR count). The first-order valence-corrected chi connectivity index (χ1v) is 23.3. The van der Waals surface area contributed by atoms with Crippen LogP contribution in [0.5, 0.6) is 0 Å². The maximum absolute atomic E-state index is 13.6. The minimum atomic E-state index is -2.49. The van der Waals surface area contributed by atoms with Crippen molar-refractivity contribution in [1.82, 2.24) is 9.55 Å². The number of hydrogen-bond donors (Lipinski definition) is 1. The molecule has 0 saturated carbocycles. The second-order valence-electron chi connectivity index (χ2n) is 14.8. The first-order valence-electron chi connectivity index (χ1n) is 15.6. The molecule has 0 amide bonds. The van der Waals surface area contributed by atoms with Crippen molar-refractivity contribution in [3.8, 4) is 0 Å². The number of nitrogens with one attached hydrogen (secondary N) is 1. The Morgan fingerprint density at radius 1 is 0.826 bits per heavy atom. The number of aromatic amines is 1. The molecule has 0 radical (unpaired) electrons. The van der Waals surface area contributed by atoms with E-state index in [1.807, 2.05) is 36.4 Å². The van der Waals surface area contributed by atoms with Gasteiger partial charge in [-0.25, -0.2) is 0 Å². The third-order valence-corrected chi connectivity index (χ3v) is 20.7. The van der Waals surface area contributed by atoms with Gasteiger partial charge < -0.3 is 0 Å². The second kappa shape index (κ2) is 13.9. The predicted molar refractivity (Wildman–Crippen MR) is 187 cm³/mol. The molecule has 1 aromatic heterocycles. The Bertz CT molecular complexity index is 1600. The molecular weight excluding hydrogens is 684 g/mol. The van der Waals surface area contributed by atoms with Crippen molar-refractivity contribution < 1.29 is 23.1 Å². The van der Waals surface area contributed by atoms with Crippen molar-refractivity contribution in [2.24, 2.45) is 0 Å². The Balaban J connectivity index is 1.90. The molecule has 250 valence electrons. The molecule has 9 nitrogen and oxygen atoms in total. The fraction of sp³-hybridized carbons (Fsp3) is 0.500. The number of esters is 1. The number of carbonyl (C=O) groups excluding carboxylic acids is 1. The summed E-state index contributed by atoms with van der Waals surface area (Å²) < 4.78 is 29.9. The van der Waals surface area contributed by atoms with Crippen molar-refractivity contribution in [2.45, 2.75) is 107 Å². The SMILES string of the molecule is CC(C)(C)[Si](C)(C)O[C@@H]1[C@H](O[Si](C)(C)C(C)(C)C)[C@@H](C(OC(=O)c2ccccc2)[Se]c2ccccc2)O[C@H]1n1ccc(=O)[nH]c1=O. The van der Waals surface area contributed by atoms with Crippen molar-refractivity contribution in [2.75, 3.05) is 0 Å². The van der Waals surface area contributed by atoms with Crippen LogP contribution in [-0.4, -0.2) is 70.4 Å². The quantitative estimate of drug-likeness (QED) is 0.219. The summed E-state index contributed by atoms with van der Waals surface area (Å²) in [6, 6.07) is 20.1. The van der Waals surface area contributed by atoms with Gasteiger partial charge >= 0.3 is 281 Å². The molecule has 1 fully saturated rings. The van der Waals surface area contributed by atoms with Crippen LogP contribution in [0.3, 0.4) is 0 Å². The van der Waals surface area contributed by atoms with Crippen molar-refractivity contribution in [1.29, 1.82) is 0 Å². The first kappa shape index (κ1) is 36.3. The summed E-state index contributed by atoms with van der Waals surface area (Å²) in [6.45, 7) is 21.6. The van der Waals surface area contributed by atoms with Crippen molar-refractivity contribution in [3.05, 3.63) is 99.3 Å². The van der Waals surface area contributed by atoms with Crippen LogP contribution < -0.4 is 15.7 Å². The summed E-state index contributed by atoms with van der Waals surface area (Å²) in [5.74, 6) is -0.468. The third kappa shape index (κ3) is 8.28. The fourth-order valence-electron chi connectivity index (χ4n) is 4.57. The molecule has 3 aromatic rings. The van der Waals surface area contributed by atoms with Gasteiger partial charge in [-0.2, -0.15) is 0 Å². The van der Waals surface area contributed by atoms with E-state index in [0.29, 0.717) is 5.56 Å². The number of aromatic nitrogens is 2. The zero-order valence-corrected chi connectivity index (χ0v) is 32.2. The Hall–Kier alpha value is -2.58. The van der Waals surface area contributed by atoms with Gasteiger partial charge in [0.2, 0.25) is 0 Å². The normalized spacial score (nSPS) is 21.6. The maximum atomic E-state index is 13.6. The summed E-state index contributed by atoms with van der Waals surface area (Å²) in [5.41, 5.74) is -0.688. The number of benzene rings is 2. The number of carbonyl (C=O) groups is 1. The zero-order valence-electron chi connectivity index (χ0n) is 28.5. The Morgan fingerprint density at radius 2 is 1.35 bits per heavy atom. The number of rotatable bonds is 10. The summed E-state index contributed by atoms with van der Waals surface area (Å²) in [5, 5.41) is -1.06. The van der Waals surface area contributed by atoms with Gasteiger partial charge in [0.1, 0.15) is 0 Å². The second-order valence-corrected chi connectivity index (χ2v) is 26.7. The molecule has 1 aliphatic rings. The van der Waals surface area contributed by atoms with Crippen LogP contribution in [0.1, 0.15) is 58.1 Å². The van der Waals surface area contributed by atoms with E-state index < -0.39 is 78.4 Å². The summed E-state index contributed by atoms with van der Waals surface area (Å²) in [7, 11) is -4.99. The van der Waals surface area contributed by atoms with E-state index in [2.05, 4.69) is 72.7 Å². The molecule has 0 aliphatic carbocycles. The van der Waals surface area contributed by atoms with Crippen molar-refractivity contribution in [3.63, 3.8) is 0 Å². The molecule has 2 aromatic carbocycles. The predicted octanol–water partition coefficient (Wildman–Crippen LogP) is 5.43. The van der Waals surface area contributed by atoms with Gasteiger partial charge in [0.05, 0.1) is 0 Å². The molecule has 1 unspecified atom stereocenters. The molecule has 12 heteroatoms. The van der Waals surface area contributed by atoms with E-state index in [0.717, 1.165) is 4.46 Å². The summed E-state index contributed by atoms with van der Waals surface area (Å²) >= 11 is -0.405. The molecule has 1 N–H and O–H groups in total. The number of H-pyrrole nitrogens is 1. The van der Waals surface area contributed by atoms with E-state index in [4.69, 9.17) is 18.3 Å². The average Bonchev–Trinajstić information content (AvgIpc) is 3.28. The van der Waals surface area contributed by atoms with Crippen LogP contribution in [0.2, 0.25) is 36.3 Å². The van der Waals surface area contributed by atoms with Crippen LogP contribution in [-0.2, 0) is 18.3 Å². The van der Waals surface area contributed by atoms with Crippen LogP contribution in [0, 0.1) is 0 Å². The van der Waals surface area contributed by atoms with Crippen LogP contribution >= 0.6 is 0 Å². The molecule has 1 saturated heterocycles. The third-order valence-electron chi connectivity index (χ3n) is 9.32. The summed E-state index contributed by atoms with van der Waals surface area (Å²) in [4.78, 5) is 41.4. The number of ether oxygens (including phenoxy) is 2. The van der Waals surface area contributed by atoms with Gasteiger partial charge in [-0.15, -0.1) is 0 Å². The van der Waals surface area contributed by atoms with Crippen LogP contribution in [0.4, 0.5) is 0 Å². The minimum absolute atomic E-state index is 0.160. The van der Waals surface area contributed by atoms with E-state index in [9.17, 15) is 14.4 Å². The van der Waals surface area contributed by atoms with E-state index in [1.54, 1.807) is 24.3 Å². The molecule has 46 heavy (non-hydrogen) atoms. The van der Waals surface area contributed by atoms with E-state index in [1.165, 1.54) is 16.8 Å². The monoisotopic (exact) mass is 732 g/mol. The van der Waals surface area contributed by atoms with Gasteiger partial charge in [0.25, 0.3) is 0 Å². The standard InChI is InChI=1S/C34H48N2O7SeSi2/c1-33(2,3)45(7,8)42-26-27(43-46(9,10)34(4,5)6)29(36-22-21-25(37)35-32(36)39)40-28(26)31(44-24-19-15-12-16-20-24)41-30(38)23-17-13-11-14-18-23/h11-22,26-29,31H,1-10H3,(H,35,37,39)/t26-,27+,28-,29+,31?/m0/s1. The number of nitrogens with zero attached hydrogens (tertiary/aromatic N) is 1. The average molecular weight is 732 g/mol. The first-order chi connectivity index (χ1) is 21.3. The Labute approximate surface area is 280 Å². The molecule has 0 spiro atoms. The fourth-order valence-corrected chi connectivity index (χ4v) is 9.40. The van der Waals surface area contributed by atoms with E-state index in [-0.39, 0.29) is 10.1 Å². The van der Waals surface area contributed by atoms with Gasteiger partial charge in [-0.05, 0) is 0 Å².